The third-order valence-corrected chi connectivity index (χ3v) is 2.71. The molecule has 8 heteroatoms. The molecule has 7 nitrogen and oxygen atoms in total. The monoisotopic (exact) mass is 246 g/mol. The summed E-state index contributed by atoms with van der Waals surface area (Å²) in [7, 11) is 0. The van der Waals surface area contributed by atoms with Gasteiger partial charge in [0.05, 0.1) is 6.20 Å². The van der Waals surface area contributed by atoms with Gasteiger partial charge >= 0.3 is 5.82 Å². The summed E-state index contributed by atoms with van der Waals surface area (Å²) >= 11 is 0. The van der Waals surface area contributed by atoms with Gasteiger partial charge in [-0.1, -0.05) is 0 Å². The van der Waals surface area contributed by atoms with E-state index < -0.39 is 36.1 Å². The van der Waals surface area contributed by atoms with Gasteiger partial charge in [-0.2, -0.15) is 0 Å². The Morgan fingerprint density at radius 2 is 2.24 bits per heavy atom. The zero-order valence-electron chi connectivity index (χ0n) is 8.64. The van der Waals surface area contributed by atoms with Gasteiger partial charge in [-0.05, 0) is 11.0 Å². The fourth-order valence-corrected chi connectivity index (χ4v) is 1.84. The molecular formula is C9H11FN2O5. The van der Waals surface area contributed by atoms with Crippen LogP contribution in [-0.4, -0.2) is 44.7 Å². The third kappa shape index (κ3) is 1.90. The number of hydrogen-bond acceptors (Lipinski definition) is 5. The summed E-state index contributed by atoms with van der Waals surface area (Å²) in [4.78, 5) is 10.0. The van der Waals surface area contributed by atoms with Gasteiger partial charge in [0, 0.05) is 6.07 Å². The molecule has 17 heavy (non-hydrogen) atoms. The molecule has 1 aromatic rings. The molecule has 0 aliphatic carbocycles. The molecule has 0 amide bonds. The van der Waals surface area contributed by atoms with E-state index in [2.05, 4.69) is 0 Å². The van der Waals surface area contributed by atoms with Crippen molar-refractivity contribution in [2.24, 2.45) is 0 Å². The number of alkyl halides is 1. The number of halogens is 1. The summed E-state index contributed by atoms with van der Waals surface area (Å²) in [6.45, 7) is -0.968. The maximum atomic E-state index is 12.5. The second-order valence-corrected chi connectivity index (χ2v) is 3.73. The van der Waals surface area contributed by atoms with Gasteiger partial charge in [-0.25, -0.2) is 8.96 Å². The van der Waals surface area contributed by atoms with Crippen molar-refractivity contribution in [3.8, 4) is 0 Å². The van der Waals surface area contributed by atoms with Crippen LogP contribution in [0.4, 0.5) is 10.2 Å². The Kier molecular flexibility index (Phi) is 3.09. The Balaban J connectivity index is 2.29. The summed E-state index contributed by atoms with van der Waals surface area (Å²) in [6.07, 6.45) is -3.79. The van der Waals surface area contributed by atoms with E-state index in [1.165, 1.54) is 18.3 Å². The molecule has 2 N–H and O–H groups in total. The number of rotatable bonds is 3. The molecule has 0 aromatic carbocycles. The number of aliphatic hydroxyl groups is 2. The van der Waals surface area contributed by atoms with Crippen molar-refractivity contribution in [2.75, 3.05) is 6.67 Å². The molecule has 0 spiro atoms. The van der Waals surface area contributed by atoms with Gasteiger partial charge in [-0.3, -0.25) is 0 Å². The van der Waals surface area contributed by atoms with E-state index in [0.717, 1.165) is 4.57 Å². The SMILES string of the molecule is O=[N+]([O-])c1cccn1C1OC(CF)C(O)C1O. The molecule has 4 atom stereocenters. The van der Waals surface area contributed by atoms with Crippen LogP contribution >= 0.6 is 0 Å². The maximum Gasteiger partial charge on any atom is 0.325 e. The summed E-state index contributed by atoms with van der Waals surface area (Å²) < 4.78 is 18.6. The highest BCUT2D eigenvalue weighted by molar-refractivity contribution is 5.22. The zero-order chi connectivity index (χ0) is 12.6. The van der Waals surface area contributed by atoms with E-state index in [4.69, 9.17) is 4.74 Å². The normalized spacial score (nSPS) is 32.9. The fraction of sp³-hybridized carbons (Fsp3) is 0.556. The summed E-state index contributed by atoms with van der Waals surface area (Å²) in [5.74, 6) is -0.291. The number of ether oxygens (including phenoxy) is 1. The maximum absolute atomic E-state index is 12.5. The van der Waals surface area contributed by atoms with Crippen molar-refractivity contribution in [3.63, 3.8) is 0 Å². The van der Waals surface area contributed by atoms with Crippen LogP contribution in [0.15, 0.2) is 18.3 Å². The first-order chi connectivity index (χ1) is 8.06. The fourth-order valence-electron chi connectivity index (χ4n) is 1.84. The van der Waals surface area contributed by atoms with Crippen molar-refractivity contribution < 1.29 is 24.3 Å². The lowest BCUT2D eigenvalue weighted by molar-refractivity contribution is -0.394. The quantitative estimate of drug-likeness (QED) is 0.577. The van der Waals surface area contributed by atoms with E-state index >= 15 is 0 Å². The largest absolute Gasteiger partial charge is 0.387 e. The first kappa shape index (κ1) is 12.0. The van der Waals surface area contributed by atoms with Crippen molar-refractivity contribution >= 4 is 5.82 Å². The third-order valence-electron chi connectivity index (χ3n) is 2.71. The van der Waals surface area contributed by atoms with Gasteiger partial charge in [-0.15, -0.1) is 0 Å². The molecule has 1 aromatic heterocycles. The number of nitrogens with zero attached hydrogens (tertiary/aromatic N) is 2. The second kappa shape index (κ2) is 4.40. The Morgan fingerprint density at radius 1 is 1.53 bits per heavy atom. The van der Waals surface area contributed by atoms with Crippen LogP contribution in [0.5, 0.6) is 0 Å². The first-order valence-corrected chi connectivity index (χ1v) is 4.95. The van der Waals surface area contributed by atoms with E-state index in [1.54, 1.807) is 0 Å². The second-order valence-electron chi connectivity index (χ2n) is 3.73. The van der Waals surface area contributed by atoms with Gasteiger partial charge in [0.1, 0.15) is 25.0 Å². The van der Waals surface area contributed by atoms with Crippen LogP contribution < -0.4 is 0 Å². The van der Waals surface area contributed by atoms with Crippen molar-refractivity contribution in [2.45, 2.75) is 24.5 Å². The number of aliphatic hydroxyl groups excluding tert-OH is 2. The van der Waals surface area contributed by atoms with E-state index in [0.29, 0.717) is 0 Å². The van der Waals surface area contributed by atoms with Crippen LogP contribution in [0.2, 0.25) is 0 Å². The first-order valence-electron chi connectivity index (χ1n) is 4.95. The molecule has 2 rings (SSSR count). The molecular weight excluding hydrogens is 235 g/mol. The number of hydrogen-bond donors (Lipinski definition) is 2. The molecule has 0 bridgehead atoms. The molecule has 94 valence electrons. The lowest BCUT2D eigenvalue weighted by Gasteiger charge is -2.13. The predicted molar refractivity (Wildman–Crippen MR) is 53.0 cm³/mol. The topological polar surface area (TPSA) is 97.8 Å². The van der Waals surface area contributed by atoms with Crippen LogP contribution in [0.1, 0.15) is 6.23 Å². The van der Waals surface area contributed by atoms with Crippen LogP contribution in [-0.2, 0) is 4.74 Å². The highest BCUT2D eigenvalue weighted by Crippen LogP contribution is 2.32. The zero-order valence-corrected chi connectivity index (χ0v) is 8.64. The Hall–Kier alpha value is -1.51. The Labute approximate surface area is 95.2 Å². The van der Waals surface area contributed by atoms with Gasteiger partial charge in [0.25, 0.3) is 0 Å². The molecule has 0 saturated carbocycles. The molecule has 0 radical (unpaired) electrons. The predicted octanol–water partition coefficient (Wildman–Crippen LogP) is -0.0150. The molecule has 1 saturated heterocycles. The van der Waals surface area contributed by atoms with Crippen LogP contribution in [0, 0.1) is 10.1 Å². The van der Waals surface area contributed by atoms with Crippen LogP contribution in [0.25, 0.3) is 0 Å². The van der Waals surface area contributed by atoms with Crippen molar-refractivity contribution in [3.05, 3.63) is 28.4 Å². The molecule has 1 aliphatic heterocycles. The highest BCUT2D eigenvalue weighted by Gasteiger charge is 2.47. The molecule has 2 heterocycles. The van der Waals surface area contributed by atoms with E-state index in [-0.39, 0.29) is 5.82 Å². The van der Waals surface area contributed by atoms with E-state index in [9.17, 15) is 24.7 Å². The molecule has 4 unspecified atom stereocenters. The Morgan fingerprint density at radius 3 is 2.76 bits per heavy atom. The van der Waals surface area contributed by atoms with Crippen molar-refractivity contribution in [1.29, 1.82) is 0 Å². The average molecular weight is 246 g/mol. The number of aromatic nitrogens is 1. The smallest absolute Gasteiger partial charge is 0.325 e. The lowest BCUT2D eigenvalue weighted by atomic mass is 10.1. The Bertz CT molecular complexity index is 423. The van der Waals surface area contributed by atoms with Gasteiger partial charge < -0.3 is 25.1 Å². The summed E-state index contributed by atoms with van der Waals surface area (Å²) in [5, 5.41) is 29.8. The van der Waals surface area contributed by atoms with E-state index in [1.807, 2.05) is 0 Å². The minimum absolute atomic E-state index is 0.291. The highest BCUT2D eigenvalue weighted by atomic mass is 19.1. The molecule has 1 aliphatic rings. The van der Waals surface area contributed by atoms with Crippen molar-refractivity contribution in [1.82, 2.24) is 4.57 Å². The molecule has 1 fully saturated rings. The van der Waals surface area contributed by atoms with Gasteiger partial charge in [0.15, 0.2) is 0 Å². The van der Waals surface area contributed by atoms with Gasteiger partial charge in [0.2, 0.25) is 6.23 Å². The standard InChI is InChI=1S/C9H11FN2O5/c10-4-5-7(13)8(14)9(17-5)11-3-1-2-6(11)12(15)16/h1-3,5,7-9,13-14H,4H2. The minimum Gasteiger partial charge on any atom is -0.387 e. The minimum atomic E-state index is -1.40. The average Bonchev–Trinajstić information content (AvgIpc) is 2.86. The number of nitro groups is 1. The summed E-state index contributed by atoms with van der Waals surface area (Å²) in [5.41, 5.74) is 0. The summed E-state index contributed by atoms with van der Waals surface area (Å²) in [6, 6.07) is 2.63. The lowest BCUT2D eigenvalue weighted by Crippen LogP contribution is -2.32. The van der Waals surface area contributed by atoms with Crippen LogP contribution in [0.3, 0.4) is 0 Å².